The first-order chi connectivity index (χ1) is 12.6. The predicted molar refractivity (Wildman–Crippen MR) is 108 cm³/mol. The second-order valence-corrected chi connectivity index (χ2v) is 8.71. The van der Waals surface area contributed by atoms with Gasteiger partial charge in [-0.2, -0.15) is 5.10 Å². The van der Waals surface area contributed by atoms with Crippen LogP contribution in [0.25, 0.3) is 10.9 Å². The van der Waals surface area contributed by atoms with Crippen molar-refractivity contribution in [1.29, 1.82) is 0 Å². The fourth-order valence-corrected chi connectivity index (χ4v) is 4.62. The highest BCUT2D eigenvalue weighted by Gasteiger charge is 2.30. The van der Waals surface area contributed by atoms with Crippen LogP contribution in [0.4, 0.5) is 0 Å². The molecule has 2 unspecified atom stereocenters. The number of fused-ring (bicyclic) bond motifs is 1. The quantitative estimate of drug-likeness (QED) is 0.377. The number of hydrogen-bond donors (Lipinski definition) is 4. The van der Waals surface area contributed by atoms with Gasteiger partial charge in [0, 0.05) is 27.0 Å². The Morgan fingerprint density at radius 2 is 2.15 bits per heavy atom. The number of thiophene rings is 1. The minimum atomic E-state index is -0.318. The minimum absolute atomic E-state index is 0.127. The van der Waals surface area contributed by atoms with Gasteiger partial charge in [0.25, 0.3) is 5.91 Å². The van der Waals surface area contributed by atoms with Crippen molar-refractivity contribution < 1.29 is 4.79 Å². The molecule has 134 valence electrons. The van der Waals surface area contributed by atoms with Crippen LogP contribution in [0.5, 0.6) is 0 Å². The van der Waals surface area contributed by atoms with Gasteiger partial charge in [-0.25, -0.2) is 16.3 Å². The number of halogens is 1. The summed E-state index contributed by atoms with van der Waals surface area (Å²) in [6.45, 7) is 2.00. The van der Waals surface area contributed by atoms with Gasteiger partial charge < -0.3 is 4.98 Å². The number of hydrazine groups is 1. The highest BCUT2D eigenvalue weighted by molar-refractivity contribution is 9.11. The second kappa shape index (κ2) is 7.32. The maximum atomic E-state index is 12.4. The highest BCUT2D eigenvalue weighted by Crippen LogP contribution is 2.31. The van der Waals surface area contributed by atoms with E-state index in [1.807, 2.05) is 37.3 Å². The van der Waals surface area contributed by atoms with Crippen LogP contribution in [-0.2, 0) is 4.79 Å². The first-order valence-corrected chi connectivity index (χ1v) is 9.89. The van der Waals surface area contributed by atoms with E-state index in [4.69, 9.17) is 0 Å². The zero-order valence-corrected chi connectivity index (χ0v) is 16.4. The lowest BCUT2D eigenvalue weighted by Gasteiger charge is -2.06. The SMILES string of the molecule is Cc1[nH]c2ccccc2c1/C=N/NC(=O)C1CC(c2ccc(Br)s2)NN1. The van der Waals surface area contributed by atoms with E-state index < -0.39 is 0 Å². The molecule has 1 fully saturated rings. The largest absolute Gasteiger partial charge is 0.358 e. The number of rotatable bonds is 4. The summed E-state index contributed by atoms with van der Waals surface area (Å²) in [6, 6.07) is 11.9. The van der Waals surface area contributed by atoms with Crippen molar-refractivity contribution in [3.05, 3.63) is 56.3 Å². The monoisotopic (exact) mass is 431 g/mol. The summed E-state index contributed by atoms with van der Waals surface area (Å²) in [6.07, 6.45) is 2.38. The molecule has 1 saturated heterocycles. The number of carbonyl (C=O) groups excluding carboxylic acids is 1. The van der Waals surface area contributed by atoms with Gasteiger partial charge in [0.1, 0.15) is 6.04 Å². The van der Waals surface area contributed by atoms with Crippen LogP contribution in [0.2, 0.25) is 0 Å². The Balaban J connectivity index is 1.39. The number of hydrazone groups is 1. The van der Waals surface area contributed by atoms with E-state index in [0.717, 1.165) is 25.9 Å². The van der Waals surface area contributed by atoms with Gasteiger partial charge in [0.15, 0.2) is 0 Å². The highest BCUT2D eigenvalue weighted by atomic mass is 79.9. The fraction of sp³-hybridized carbons (Fsp3) is 0.222. The first kappa shape index (κ1) is 17.4. The number of H-pyrrole nitrogens is 1. The molecule has 1 amide bonds. The zero-order valence-electron chi connectivity index (χ0n) is 14.0. The fourth-order valence-electron chi connectivity index (χ4n) is 3.13. The van der Waals surface area contributed by atoms with Crippen molar-refractivity contribution in [2.45, 2.75) is 25.4 Å². The standard InChI is InChI=1S/C18H18BrN5OS/c1-10-12(11-4-2-3-5-13(11)21-10)9-20-24-18(25)15-8-14(22-23-15)16-6-7-17(19)26-16/h2-7,9,14-15,21-23H,8H2,1H3,(H,24,25)/b20-9+. The maximum absolute atomic E-state index is 12.4. The molecule has 26 heavy (non-hydrogen) atoms. The lowest BCUT2D eigenvalue weighted by Crippen LogP contribution is -2.41. The smallest absolute Gasteiger partial charge is 0.258 e. The van der Waals surface area contributed by atoms with Gasteiger partial charge in [-0.05, 0) is 47.5 Å². The number of amides is 1. The molecule has 0 bridgehead atoms. The van der Waals surface area contributed by atoms with Crippen molar-refractivity contribution in [1.82, 2.24) is 21.3 Å². The van der Waals surface area contributed by atoms with Gasteiger partial charge in [0.2, 0.25) is 0 Å². The molecule has 2 aromatic heterocycles. The summed E-state index contributed by atoms with van der Waals surface area (Å²) in [5.74, 6) is -0.149. The third-order valence-corrected chi connectivity index (χ3v) is 6.21. The van der Waals surface area contributed by atoms with Crippen molar-refractivity contribution in [2.24, 2.45) is 5.10 Å². The normalized spacial score (nSPS) is 20.2. The summed E-state index contributed by atoms with van der Waals surface area (Å²) in [5, 5.41) is 5.24. The van der Waals surface area contributed by atoms with Gasteiger partial charge in [0.05, 0.1) is 16.0 Å². The lowest BCUT2D eigenvalue weighted by molar-refractivity contribution is -0.122. The summed E-state index contributed by atoms with van der Waals surface area (Å²) >= 11 is 5.14. The van der Waals surface area contributed by atoms with Gasteiger partial charge in [-0.3, -0.25) is 4.79 Å². The molecule has 3 heterocycles. The molecular formula is C18H18BrN5OS. The number of carbonyl (C=O) groups is 1. The van der Waals surface area contributed by atoms with Crippen LogP contribution < -0.4 is 16.3 Å². The number of nitrogens with one attached hydrogen (secondary N) is 4. The van der Waals surface area contributed by atoms with Crippen LogP contribution in [0.1, 0.15) is 28.6 Å². The van der Waals surface area contributed by atoms with E-state index in [0.29, 0.717) is 6.42 Å². The predicted octanol–water partition coefficient (Wildman–Crippen LogP) is 3.36. The number of nitrogens with zero attached hydrogens (tertiary/aromatic N) is 1. The van der Waals surface area contributed by atoms with E-state index in [-0.39, 0.29) is 18.0 Å². The van der Waals surface area contributed by atoms with Crippen molar-refractivity contribution in [2.75, 3.05) is 0 Å². The Morgan fingerprint density at radius 3 is 2.96 bits per heavy atom. The number of para-hydroxylation sites is 1. The second-order valence-electron chi connectivity index (χ2n) is 6.21. The molecule has 1 aliphatic heterocycles. The van der Waals surface area contributed by atoms with Crippen molar-refractivity contribution >= 4 is 50.3 Å². The first-order valence-electron chi connectivity index (χ1n) is 8.28. The van der Waals surface area contributed by atoms with E-state index >= 15 is 0 Å². The van der Waals surface area contributed by atoms with E-state index in [9.17, 15) is 4.79 Å². The Bertz CT molecular complexity index is 979. The third-order valence-electron chi connectivity index (χ3n) is 4.47. The summed E-state index contributed by atoms with van der Waals surface area (Å²) in [4.78, 5) is 16.9. The Morgan fingerprint density at radius 1 is 1.31 bits per heavy atom. The number of aryl methyl sites for hydroxylation is 1. The molecule has 4 rings (SSSR count). The minimum Gasteiger partial charge on any atom is -0.358 e. The Hall–Kier alpha value is -2.00. The zero-order chi connectivity index (χ0) is 18.1. The van der Waals surface area contributed by atoms with Crippen molar-refractivity contribution in [3.8, 4) is 0 Å². The molecule has 3 aromatic rings. The van der Waals surface area contributed by atoms with Gasteiger partial charge in [-0.15, -0.1) is 11.3 Å². The third kappa shape index (κ3) is 3.45. The van der Waals surface area contributed by atoms with Crippen LogP contribution in [0.3, 0.4) is 0 Å². The van der Waals surface area contributed by atoms with Crippen molar-refractivity contribution in [3.63, 3.8) is 0 Å². The summed E-state index contributed by atoms with van der Waals surface area (Å²) in [7, 11) is 0. The summed E-state index contributed by atoms with van der Waals surface area (Å²) < 4.78 is 1.08. The Kier molecular flexibility index (Phi) is 4.90. The molecule has 0 aliphatic carbocycles. The van der Waals surface area contributed by atoms with Crippen LogP contribution in [-0.4, -0.2) is 23.1 Å². The summed E-state index contributed by atoms with van der Waals surface area (Å²) in [5.41, 5.74) is 11.9. The number of hydrogen-bond acceptors (Lipinski definition) is 5. The van der Waals surface area contributed by atoms with E-state index in [2.05, 4.69) is 48.4 Å². The average molecular weight is 432 g/mol. The topological polar surface area (TPSA) is 81.3 Å². The molecule has 4 N–H and O–H groups in total. The molecule has 8 heteroatoms. The van der Waals surface area contributed by atoms with Gasteiger partial charge in [-0.1, -0.05) is 18.2 Å². The molecule has 0 radical (unpaired) electrons. The molecule has 0 saturated carbocycles. The van der Waals surface area contributed by atoms with E-state index in [1.54, 1.807) is 17.6 Å². The lowest BCUT2D eigenvalue weighted by atomic mass is 10.1. The average Bonchev–Trinajstić information content (AvgIpc) is 3.34. The molecule has 1 aromatic carbocycles. The van der Waals surface area contributed by atoms with Crippen LogP contribution in [0.15, 0.2) is 45.3 Å². The molecule has 6 nitrogen and oxygen atoms in total. The number of benzene rings is 1. The van der Waals surface area contributed by atoms with E-state index in [1.165, 1.54) is 4.88 Å². The Labute approximate surface area is 163 Å². The van der Waals surface area contributed by atoms with Crippen LogP contribution >= 0.6 is 27.3 Å². The molecule has 0 spiro atoms. The molecule has 1 aliphatic rings. The molecular weight excluding hydrogens is 414 g/mol. The van der Waals surface area contributed by atoms with Crippen LogP contribution in [0, 0.1) is 6.92 Å². The maximum Gasteiger partial charge on any atom is 0.258 e. The molecule has 2 atom stereocenters. The number of aromatic amines is 1. The number of aromatic nitrogens is 1. The van der Waals surface area contributed by atoms with Gasteiger partial charge >= 0.3 is 0 Å².